The van der Waals surface area contributed by atoms with E-state index in [9.17, 15) is 4.79 Å². The molecule has 0 aromatic heterocycles. The fourth-order valence-electron chi connectivity index (χ4n) is 2.38. The second kappa shape index (κ2) is 6.56. The lowest BCUT2D eigenvalue weighted by Crippen LogP contribution is -2.34. The molecule has 1 aromatic rings. The van der Waals surface area contributed by atoms with Crippen LogP contribution in [0.1, 0.15) is 22.3 Å². The molecule has 4 nitrogen and oxygen atoms in total. The molecular weight excluding hydrogens is 250 g/mol. The van der Waals surface area contributed by atoms with Crippen LogP contribution in [0.4, 0.5) is 0 Å². The Balaban J connectivity index is 2.03. The van der Waals surface area contributed by atoms with E-state index < -0.39 is 0 Å². The lowest BCUT2D eigenvalue weighted by Gasteiger charge is -2.20. The number of benzene rings is 1. The maximum absolute atomic E-state index is 12.4. The highest BCUT2D eigenvalue weighted by molar-refractivity contribution is 5.94. The molecule has 0 spiro atoms. The van der Waals surface area contributed by atoms with Gasteiger partial charge in [-0.15, -0.1) is 0 Å². The number of carbonyl (C=O) groups excluding carboxylic acids is 1. The molecule has 1 amide bonds. The fraction of sp³-hybridized carbons (Fsp3) is 0.438. The molecular formula is C16H21N3O. The Morgan fingerprint density at radius 3 is 2.65 bits per heavy atom. The number of amides is 1. The van der Waals surface area contributed by atoms with Crippen molar-refractivity contribution in [3.63, 3.8) is 0 Å². The van der Waals surface area contributed by atoms with Gasteiger partial charge in [0.1, 0.15) is 0 Å². The van der Waals surface area contributed by atoms with E-state index in [1.165, 1.54) is 0 Å². The van der Waals surface area contributed by atoms with E-state index in [2.05, 4.69) is 30.8 Å². The molecule has 2 rings (SSSR count). The second-order valence-corrected chi connectivity index (χ2v) is 5.24. The normalized spacial score (nSPS) is 18.0. The van der Waals surface area contributed by atoms with Gasteiger partial charge in [-0.1, -0.05) is 11.8 Å². The zero-order chi connectivity index (χ0) is 14.5. The van der Waals surface area contributed by atoms with Crippen LogP contribution in [0, 0.1) is 11.8 Å². The van der Waals surface area contributed by atoms with Gasteiger partial charge < -0.3 is 15.5 Å². The van der Waals surface area contributed by atoms with Crippen LogP contribution >= 0.6 is 0 Å². The Labute approximate surface area is 120 Å². The minimum atomic E-state index is 0.104. The maximum atomic E-state index is 12.4. The number of likely N-dealkylation sites (tertiary alicyclic amines) is 1. The topological polar surface area (TPSA) is 49.6 Å². The van der Waals surface area contributed by atoms with E-state index in [1.807, 2.05) is 29.2 Å². The average Bonchev–Trinajstić information content (AvgIpc) is 2.95. The molecule has 1 aromatic carbocycles. The lowest BCUT2D eigenvalue weighted by atomic mass is 10.1. The summed E-state index contributed by atoms with van der Waals surface area (Å²) in [6.07, 6.45) is 1.04. The van der Waals surface area contributed by atoms with Crippen LogP contribution in [0.2, 0.25) is 0 Å². The van der Waals surface area contributed by atoms with Gasteiger partial charge in [0.15, 0.2) is 0 Å². The van der Waals surface area contributed by atoms with Gasteiger partial charge in [0.05, 0.1) is 6.54 Å². The first-order chi connectivity index (χ1) is 9.61. The van der Waals surface area contributed by atoms with Crippen LogP contribution in [0.5, 0.6) is 0 Å². The first-order valence-corrected chi connectivity index (χ1v) is 6.86. The molecule has 1 aliphatic heterocycles. The Morgan fingerprint density at radius 1 is 1.40 bits per heavy atom. The quantitative estimate of drug-likeness (QED) is 0.809. The first kappa shape index (κ1) is 14.6. The van der Waals surface area contributed by atoms with Crippen molar-refractivity contribution in [2.24, 2.45) is 5.73 Å². The van der Waals surface area contributed by atoms with Gasteiger partial charge in [-0.05, 0) is 44.8 Å². The van der Waals surface area contributed by atoms with Gasteiger partial charge in [-0.2, -0.15) is 0 Å². The molecule has 1 aliphatic rings. The molecule has 0 bridgehead atoms. The van der Waals surface area contributed by atoms with E-state index in [0.717, 1.165) is 30.6 Å². The van der Waals surface area contributed by atoms with Crippen molar-refractivity contribution in [2.75, 3.05) is 33.7 Å². The molecule has 1 fully saturated rings. The maximum Gasteiger partial charge on any atom is 0.253 e. The Kier molecular flexibility index (Phi) is 4.78. The van der Waals surface area contributed by atoms with Crippen LogP contribution in [0.15, 0.2) is 24.3 Å². The number of carbonyl (C=O) groups is 1. The van der Waals surface area contributed by atoms with Crippen molar-refractivity contribution in [1.82, 2.24) is 9.80 Å². The van der Waals surface area contributed by atoms with Crippen molar-refractivity contribution in [1.29, 1.82) is 0 Å². The monoisotopic (exact) mass is 271 g/mol. The highest BCUT2D eigenvalue weighted by Crippen LogP contribution is 2.16. The smallest absolute Gasteiger partial charge is 0.253 e. The predicted octanol–water partition coefficient (Wildman–Crippen LogP) is 0.773. The van der Waals surface area contributed by atoms with Gasteiger partial charge in [0.2, 0.25) is 0 Å². The SMILES string of the molecule is CN(C)C1CCN(C(=O)c2ccc(C#CCN)cc2)C1. The standard InChI is InChI=1S/C16H21N3O/c1-18(2)15-9-11-19(12-15)16(20)14-7-5-13(6-8-14)4-3-10-17/h5-8,15H,9-12,17H2,1-2H3. The molecule has 0 aliphatic carbocycles. The van der Waals surface area contributed by atoms with Crippen molar-refractivity contribution < 1.29 is 4.79 Å². The zero-order valence-corrected chi connectivity index (χ0v) is 12.1. The number of hydrogen-bond donors (Lipinski definition) is 1. The van der Waals surface area contributed by atoms with E-state index in [4.69, 9.17) is 5.73 Å². The van der Waals surface area contributed by atoms with E-state index in [1.54, 1.807) is 0 Å². The summed E-state index contributed by atoms with van der Waals surface area (Å²) in [6.45, 7) is 1.98. The van der Waals surface area contributed by atoms with Crippen LogP contribution < -0.4 is 5.73 Å². The van der Waals surface area contributed by atoms with Gasteiger partial charge in [0, 0.05) is 30.3 Å². The van der Waals surface area contributed by atoms with E-state index >= 15 is 0 Å². The molecule has 4 heteroatoms. The number of nitrogens with zero attached hydrogens (tertiary/aromatic N) is 2. The Morgan fingerprint density at radius 2 is 2.10 bits per heavy atom. The second-order valence-electron chi connectivity index (χ2n) is 5.24. The third-order valence-electron chi connectivity index (χ3n) is 3.65. The molecule has 1 heterocycles. The predicted molar refractivity (Wildman–Crippen MR) is 80.4 cm³/mol. The van der Waals surface area contributed by atoms with Crippen LogP contribution in [-0.2, 0) is 0 Å². The number of rotatable bonds is 2. The third-order valence-corrected chi connectivity index (χ3v) is 3.65. The van der Waals surface area contributed by atoms with Gasteiger partial charge in [-0.3, -0.25) is 4.79 Å². The van der Waals surface area contributed by atoms with Crippen molar-refractivity contribution >= 4 is 5.91 Å². The summed E-state index contributed by atoms with van der Waals surface area (Å²) in [5.41, 5.74) is 6.95. The number of likely N-dealkylation sites (N-methyl/N-ethyl adjacent to an activating group) is 1. The lowest BCUT2D eigenvalue weighted by molar-refractivity contribution is 0.0783. The van der Waals surface area contributed by atoms with Crippen molar-refractivity contribution in [2.45, 2.75) is 12.5 Å². The summed E-state index contributed by atoms with van der Waals surface area (Å²) in [5, 5.41) is 0. The minimum absolute atomic E-state index is 0.104. The summed E-state index contributed by atoms with van der Waals surface area (Å²) >= 11 is 0. The van der Waals surface area contributed by atoms with Crippen LogP contribution in [-0.4, -0.2) is 55.5 Å². The first-order valence-electron chi connectivity index (χ1n) is 6.86. The summed E-state index contributed by atoms with van der Waals surface area (Å²) in [6, 6.07) is 7.89. The van der Waals surface area contributed by atoms with E-state index in [-0.39, 0.29) is 5.91 Å². The molecule has 106 valence electrons. The molecule has 0 saturated carbocycles. The summed E-state index contributed by atoms with van der Waals surface area (Å²) < 4.78 is 0. The Hall–Kier alpha value is -1.83. The highest BCUT2D eigenvalue weighted by atomic mass is 16.2. The summed E-state index contributed by atoms with van der Waals surface area (Å²) in [7, 11) is 4.12. The third kappa shape index (κ3) is 3.38. The largest absolute Gasteiger partial charge is 0.337 e. The molecule has 1 unspecified atom stereocenters. The van der Waals surface area contributed by atoms with E-state index in [0.29, 0.717) is 12.6 Å². The minimum Gasteiger partial charge on any atom is -0.337 e. The Bertz CT molecular complexity index is 525. The molecule has 2 N–H and O–H groups in total. The number of hydrogen-bond acceptors (Lipinski definition) is 3. The van der Waals surface area contributed by atoms with Crippen molar-refractivity contribution in [3.8, 4) is 11.8 Å². The molecule has 0 radical (unpaired) electrons. The summed E-state index contributed by atoms with van der Waals surface area (Å²) in [4.78, 5) is 16.5. The molecule has 20 heavy (non-hydrogen) atoms. The molecule has 1 saturated heterocycles. The van der Waals surface area contributed by atoms with Gasteiger partial charge in [-0.25, -0.2) is 0 Å². The highest BCUT2D eigenvalue weighted by Gasteiger charge is 2.27. The zero-order valence-electron chi connectivity index (χ0n) is 12.1. The summed E-state index contributed by atoms with van der Waals surface area (Å²) in [5.74, 6) is 5.86. The van der Waals surface area contributed by atoms with Crippen LogP contribution in [0.25, 0.3) is 0 Å². The number of nitrogens with two attached hydrogens (primary N) is 1. The molecule has 1 atom stereocenters. The van der Waals surface area contributed by atoms with Crippen LogP contribution in [0.3, 0.4) is 0 Å². The average molecular weight is 271 g/mol. The van der Waals surface area contributed by atoms with Gasteiger partial charge >= 0.3 is 0 Å². The van der Waals surface area contributed by atoms with Crippen molar-refractivity contribution in [3.05, 3.63) is 35.4 Å². The fourth-order valence-corrected chi connectivity index (χ4v) is 2.38. The van der Waals surface area contributed by atoms with Gasteiger partial charge in [0.25, 0.3) is 5.91 Å².